The zero-order chi connectivity index (χ0) is 13.2. The molecule has 2 aromatic rings. The van der Waals surface area contributed by atoms with Gasteiger partial charge in [0.1, 0.15) is 5.69 Å². The zero-order valence-electron chi connectivity index (χ0n) is 10.9. The maximum Gasteiger partial charge on any atom is 0.181 e. The SMILES string of the molecule is Nc1cc(C(=O)CC2CCCC2)nc2ccccc12. The summed E-state index contributed by atoms with van der Waals surface area (Å²) in [4.78, 5) is 16.7. The van der Waals surface area contributed by atoms with E-state index in [1.807, 2.05) is 24.3 Å². The van der Waals surface area contributed by atoms with Gasteiger partial charge in [0, 0.05) is 17.5 Å². The first-order valence-electron chi connectivity index (χ1n) is 6.92. The van der Waals surface area contributed by atoms with E-state index >= 15 is 0 Å². The lowest BCUT2D eigenvalue weighted by molar-refractivity contribution is 0.0957. The molecular weight excluding hydrogens is 236 g/mol. The van der Waals surface area contributed by atoms with Gasteiger partial charge in [0.05, 0.1) is 5.52 Å². The van der Waals surface area contributed by atoms with Gasteiger partial charge in [-0.3, -0.25) is 4.79 Å². The summed E-state index contributed by atoms with van der Waals surface area (Å²) >= 11 is 0. The fourth-order valence-electron chi connectivity index (χ4n) is 2.93. The van der Waals surface area contributed by atoms with Crippen LogP contribution in [0.4, 0.5) is 5.69 Å². The highest BCUT2D eigenvalue weighted by atomic mass is 16.1. The van der Waals surface area contributed by atoms with Gasteiger partial charge >= 0.3 is 0 Å². The van der Waals surface area contributed by atoms with Crippen LogP contribution >= 0.6 is 0 Å². The number of hydrogen-bond acceptors (Lipinski definition) is 3. The van der Waals surface area contributed by atoms with Gasteiger partial charge in [-0.15, -0.1) is 0 Å². The molecule has 0 saturated heterocycles. The van der Waals surface area contributed by atoms with Crippen LogP contribution in [0.15, 0.2) is 30.3 Å². The summed E-state index contributed by atoms with van der Waals surface area (Å²) in [6.45, 7) is 0. The number of nitrogens with two attached hydrogens (primary N) is 1. The third-order valence-electron chi connectivity index (χ3n) is 3.98. The Morgan fingerprint density at radius 1 is 1.26 bits per heavy atom. The summed E-state index contributed by atoms with van der Waals surface area (Å²) in [5.74, 6) is 0.673. The van der Waals surface area contributed by atoms with Gasteiger partial charge in [-0.1, -0.05) is 43.9 Å². The fraction of sp³-hybridized carbons (Fsp3) is 0.375. The number of carbonyl (C=O) groups excluding carboxylic acids is 1. The Bertz CT molecular complexity index is 615. The molecule has 0 radical (unpaired) electrons. The van der Waals surface area contributed by atoms with Crippen molar-refractivity contribution in [2.45, 2.75) is 32.1 Å². The summed E-state index contributed by atoms with van der Waals surface area (Å²) in [7, 11) is 0. The summed E-state index contributed by atoms with van der Waals surface area (Å²) in [6, 6.07) is 9.40. The monoisotopic (exact) mass is 254 g/mol. The summed E-state index contributed by atoms with van der Waals surface area (Å²) in [6.07, 6.45) is 5.48. The number of para-hydroxylation sites is 1. The van der Waals surface area contributed by atoms with Gasteiger partial charge in [-0.25, -0.2) is 4.98 Å². The molecule has 1 heterocycles. The smallest absolute Gasteiger partial charge is 0.181 e. The van der Waals surface area contributed by atoms with Crippen molar-refractivity contribution in [3.8, 4) is 0 Å². The van der Waals surface area contributed by atoms with Gasteiger partial charge in [0.15, 0.2) is 5.78 Å². The first kappa shape index (κ1) is 12.2. The third-order valence-corrected chi connectivity index (χ3v) is 3.98. The lowest BCUT2D eigenvalue weighted by Gasteiger charge is -2.09. The molecule has 1 fully saturated rings. The molecule has 1 aromatic heterocycles. The van der Waals surface area contributed by atoms with Crippen LogP contribution in [-0.2, 0) is 0 Å². The van der Waals surface area contributed by atoms with E-state index in [0.717, 1.165) is 10.9 Å². The van der Waals surface area contributed by atoms with E-state index in [2.05, 4.69) is 4.98 Å². The van der Waals surface area contributed by atoms with E-state index in [-0.39, 0.29) is 5.78 Å². The van der Waals surface area contributed by atoms with E-state index in [1.54, 1.807) is 6.07 Å². The van der Waals surface area contributed by atoms with E-state index in [0.29, 0.717) is 23.7 Å². The van der Waals surface area contributed by atoms with Crippen molar-refractivity contribution in [2.75, 3.05) is 5.73 Å². The van der Waals surface area contributed by atoms with Crippen molar-refractivity contribution in [3.05, 3.63) is 36.0 Å². The summed E-state index contributed by atoms with van der Waals surface area (Å²) in [5, 5.41) is 0.917. The molecule has 0 aliphatic heterocycles. The second-order valence-corrected chi connectivity index (χ2v) is 5.39. The maximum absolute atomic E-state index is 12.3. The molecule has 1 aliphatic rings. The first-order valence-corrected chi connectivity index (χ1v) is 6.92. The average Bonchev–Trinajstić information content (AvgIpc) is 2.91. The van der Waals surface area contributed by atoms with Gasteiger partial charge in [0.2, 0.25) is 0 Å². The molecule has 0 amide bonds. The van der Waals surface area contributed by atoms with E-state index in [4.69, 9.17) is 5.73 Å². The lowest BCUT2D eigenvalue weighted by Crippen LogP contribution is -2.08. The van der Waals surface area contributed by atoms with Crippen LogP contribution in [0, 0.1) is 5.92 Å². The van der Waals surface area contributed by atoms with Crippen molar-refractivity contribution < 1.29 is 4.79 Å². The molecule has 1 aromatic carbocycles. The molecule has 3 heteroatoms. The van der Waals surface area contributed by atoms with Crippen LogP contribution in [0.5, 0.6) is 0 Å². The van der Waals surface area contributed by atoms with Gasteiger partial charge in [-0.2, -0.15) is 0 Å². The molecule has 0 atom stereocenters. The summed E-state index contributed by atoms with van der Waals surface area (Å²) < 4.78 is 0. The number of hydrogen-bond donors (Lipinski definition) is 1. The van der Waals surface area contributed by atoms with Crippen LogP contribution in [0.2, 0.25) is 0 Å². The molecule has 0 spiro atoms. The molecule has 0 unspecified atom stereocenters. The zero-order valence-corrected chi connectivity index (χ0v) is 10.9. The number of ketones is 1. The first-order chi connectivity index (χ1) is 9.24. The molecule has 98 valence electrons. The van der Waals surface area contributed by atoms with Crippen molar-refractivity contribution in [2.24, 2.45) is 5.92 Å². The normalized spacial score (nSPS) is 16.0. The number of rotatable bonds is 3. The Kier molecular flexibility index (Phi) is 3.20. The van der Waals surface area contributed by atoms with Crippen LogP contribution in [0.3, 0.4) is 0 Å². The topological polar surface area (TPSA) is 56.0 Å². The highest BCUT2D eigenvalue weighted by Gasteiger charge is 2.20. The second kappa shape index (κ2) is 5.00. The Labute approximate surface area is 112 Å². The number of benzene rings is 1. The number of aromatic nitrogens is 1. The molecule has 0 bridgehead atoms. The molecule has 2 N–H and O–H groups in total. The van der Waals surface area contributed by atoms with Gasteiger partial charge in [0.25, 0.3) is 0 Å². The fourth-order valence-corrected chi connectivity index (χ4v) is 2.93. The van der Waals surface area contributed by atoms with Crippen LogP contribution < -0.4 is 5.73 Å². The van der Waals surface area contributed by atoms with Crippen molar-refractivity contribution >= 4 is 22.4 Å². The predicted molar refractivity (Wildman–Crippen MR) is 77.1 cm³/mol. The number of nitrogens with zero attached hydrogens (tertiary/aromatic N) is 1. The molecular formula is C16H18N2O. The Morgan fingerprint density at radius 2 is 2.00 bits per heavy atom. The van der Waals surface area contributed by atoms with Crippen LogP contribution in [-0.4, -0.2) is 10.8 Å². The quantitative estimate of drug-likeness (QED) is 0.852. The standard InChI is InChI=1S/C16H18N2O/c17-13-10-15(16(19)9-11-5-1-2-6-11)18-14-8-4-3-7-12(13)14/h3-4,7-8,10-11H,1-2,5-6,9H2,(H2,17,18). The van der Waals surface area contributed by atoms with Gasteiger partial charge in [-0.05, 0) is 18.1 Å². The Morgan fingerprint density at radius 3 is 2.79 bits per heavy atom. The summed E-state index contributed by atoms with van der Waals surface area (Å²) in [5.41, 5.74) is 7.97. The van der Waals surface area contributed by atoms with E-state index in [1.165, 1.54) is 25.7 Å². The minimum Gasteiger partial charge on any atom is -0.398 e. The third kappa shape index (κ3) is 2.46. The van der Waals surface area contributed by atoms with Crippen molar-refractivity contribution in [1.82, 2.24) is 4.98 Å². The number of pyridine rings is 1. The number of fused-ring (bicyclic) bond motifs is 1. The average molecular weight is 254 g/mol. The second-order valence-electron chi connectivity index (χ2n) is 5.39. The van der Waals surface area contributed by atoms with E-state index in [9.17, 15) is 4.79 Å². The van der Waals surface area contributed by atoms with Crippen LogP contribution in [0.1, 0.15) is 42.6 Å². The molecule has 3 rings (SSSR count). The van der Waals surface area contributed by atoms with Crippen molar-refractivity contribution in [3.63, 3.8) is 0 Å². The maximum atomic E-state index is 12.3. The minimum absolute atomic E-state index is 0.129. The van der Waals surface area contributed by atoms with Crippen LogP contribution in [0.25, 0.3) is 10.9 Å². The Hall–Kier alpha value is -1.90. The highest BCUT2D eigenvalue weighted by molar-refractivity contribution is 6.00. The number of carbonyl (C=O) groups is 1. The number of nitrogen functional groups attached to an aromatic ring is 1. The van der Waals surface area contributed by atoms with Gasteiger partial charge < -0.3 is 5.73 Å². The lowest BCUT2D eigenvalue weighted by atomic mass is 9.99. The molecule has 19 heavy (non-hydrogen) atoms. The predicted octanol–water partition coefficient (Wildman–Crippen LogP) is 3.58. The minimum atomic E-state index is 0.129. The largest absolute Gasteiger partial charge is 0.398 e. The molecule has 1 saturated carbocycles. The highest BCUT2D eigenvalue weighted by Crippen LogP contribution is 2.29. The number of Topliss-reactive ketones (excluding diaryl/α,β-unsaturated/α-hetero) is 1. The molecule has 3 nitrogen and oxygen atoms in total. The van der Waals surface area contributed by atoms with Crippen molar-refractivity contribution in [1.29, 1.82) is 0 Å². The van der Waals surface area contributed by atoms with E-state index < -0.39 is 0 Å². The number of anilines is 1. The molecule has 1 aliphatic carbocycles. The Balaban J connectivity index is 1.89.